The first-order valence-corrected chi connectivity index (χ1v) is 7.99. The van der Waals surface area contributed by atoms with Gasteiger partial charge in [0.15, 0.2) is 5.78 Å². The Kier molecular flexibility index (Phi) is 8.00. The predicted octanol–water partition coefficient (Wildman–Crippen LogP) is 4.31. The summed E-state index contributed by atoms with van der Waals surface area (Å²) in [7, 11) is 1.72. The lowest BCUT2D eigenvalue weighted by Gasteiger charge is -2.17. The van der Waals surface area contributed by atoms with E-state index >= 15 is 0 Å². The number of Topliss-reactive ketones (excluding diaryl/α,β-unsaturated/α-hetero) is 1. The molecule has 0 saturated heterocycles. The van der Waals surface area contributed by atoms with Crippen LogP contribution in [0.1, 0.15) is 39.9 Å². The number of esters is 1. The Morgan fingerprint density at radius 2 is 1.50 bits per heavy atom. The molecule has 24 heavy (non-hydrogen) atoms. The Hall–Kier alpha value is -2.32. The quantitative estimate of drug-likeness (QED) is 0.351. The lowest BCUT2D eigenvalue weighted by molar-refractivity contribution is -0.143. The van der Waals surface area contributed by atoms with Crippen molar-refractivity contribution in [1.29, 1.82) is 0 Å². The molecule has 0 aliphatic heterocycles. The van der Waals surface area contributed by atoms with Crippen molar-refractivity contribution in [2.24, 2.45) is 0 Å². The molecule has 0 aliphatic rings. The highest BCUT2D eigenvalue weighted by Gasteiger charge is 2.32. The van der Waals surface area contributed by atoms with E-state index in [9.17, 15) is 9.59 Å². The van der Waals surface area contributed by atoms with Crippen LogP contribution in [-0.2, 0) is 14.1 Å². The second-order valence-corrected chi connectivity index (χ2v) is 5.23. The Labute approximate surface area is 144 Å². The molecule has 2 rings (SSSR count). The molecular weight excluding hydrogens is 323 g/mol. The zero-order chi connectivity index (χ0) is 18.1. The molecule has 0 fully saturated rings. The fourth-order valence-electron chi connectivity index (χ4n) is 2.61. The first-order valence-electron chi connectivity index (χ1n) is 7.58. The number of ether oxygens (including phenoxy) is 1. The molecular formula is C19H21O4P. The first kappa shape index (κ1) is 19.7. The van der Waals surface area contributed by atoms with Crippen molar-refractivity contribution in [2.45, 2.75) is 26.7 Å². The van der Waals surface area contributed by atoms with Gasteiger partial charge in [0.1, 0.15) is 15.0 Å². The zero-order valence-corrected chi connectivity index (χ0v) is 15.0. The minimum Gasteiger partial charge on any atom is -0.465 e. The second-order valence-electron chi connectivity index (χ2n) is 5.23. The molecule has 1 unspecified atom stereocenters. The van der Waals surface area contributed by atoms with Crippen LogP contribution in [-0.4, -0.2) is 18.4 Å². The lowest BCUT2D eigenvalue weighted by Crippen LogP contribution is -2.25. The van der Waals surface area contributed by atoms with Gasteiger partial charge in [-0.1, -0.05) is 48.5 Å². The molecule has 4 nitrogen and oxygen atoms in total. The number of carbonyl (C=O) groups excluding carboxylic acids is 2. The van der Waals surface area contributed by atoms with E-state index in [1.807, 2.05) is 50.2 Å². The van der Waals surface area contributed by atoms with Crippen molar-refractivity contribution < 1.29 is 18.9 Å². The third kappa shape index (κ3) is 4.59. The van der Waals surface area contributed by atoms with E-state index in [0.29, 0.717) is 11.1 Å². The summed E-state index contributed by atoms with van der Waals surface area (Å²) >= 11 is 0. The van der Waals surface area contributed by atoms with Crippen LogP contribution >= 0.6 is 9.12 Å². The molecule has 5 heteroatoms. The van der Waals surface area contributed by atoms with Gasteiger partial charge in [0.2, 0.25) is 0 Å². The third-order valence-electron chi connectivity index (χ3n) is 3.64. The number of aryl methyl sites for hydroxylation is 2. The van der Waals surface area contributed by atoms with Crippen molar-refractivity contribution in [1.82, 2.24) is 0 Å². The summed E-state index contributed by atoms with van der Waals surface area (Å²) in [6, 6.07) is 14.7. The molecule has 126 valence electrons. The van der Waals surface area contributed by atoms with E-state index in [1.54, 1.807) is 28.2 Å². The maximum Gasteiger partial charge on any atom is 0.321 e. The molecule has 0 aliphatic carbocycles. The monoisotopic (exact) mass is 344 g/mol. The van der Waals surface area contributed by atoms with Crippen LogP contribution in [0.25, 0.3) is 0 Å². The van der Waals surface area contributed by atoms with Crippen LogP contribution in [0.5, 0.6) is 0 Å². The Bertz CT molecular complexity index is 678. The molecule has 0 aromatic heterocycles. The second kappa shape index (κ2) is 9.74. The predicted molar refractivity (Wildman–Crippen MR) is 95.1 cm³/mol. The molecule has 0 heterocycles. The van der Waals surface area contributed by atoms with Crippen LogP contribution in [0, 0.1) is 13.8 Å². The highest BCUT2D eigenvalue weighted by atomic mass is 31.0. The molecule has 1 atom stereocenters. The largest absolute Gasteiger partial charge is 0.465 e. The Morgan fingerprint density at radius 1 is 0.958 bits per heavy atom. The van der Waals surface area contributed by atoms with Crippen molar-refractivity contribution in [2.75, 3.05) is 6.61 Å². The topological polar surface area (TPSA) is 60.4 Å². The summed E-state index contributed by atoms with van der Waals surface area (Å²) in [5, 5.41) is 0. The van der Waals surface area contributed by atoms with Crippen LogP contribution < -0.4 is 0 Å². The highest BCUT2D eigenvalue weighted by Crippen LogP contribution is 2.26. The average molecular weight is 344 g/mol. The summed E-state index contributed by atoms with van der Waals surface area (Å²) in [5.41, 5.74) is 3.00. The SMILES string of the molecule is CCOC(=O)C(C(=O)c1c(C)cccc1C)c1ccccc1.O=P. The number of carbonyl (C=O) groups is 2. The maximum atomic E-state index is 13.0. The first-order chi connectivity index (χ1) is 11.6. The molecule has 0 radical (unpaired) electrons. The van der Waals surface area contributed by atoms with E-state index in [0.717, 1.165) is 11.1 Å². The van der Waals surface area contributed by atoms with Crippen LogP contribution in [0.4, 0.5) is 0 Å². The van der Waals surface area contributed by atoms with Gasteiger partial charge in [-0.15, -0.1) is 0 Å². The van der Waals surface area contributed by atoms with E-state index in [-0.39, 0.29) is 12.4 Å². The van der Waals surface area contributed by atoms with Gasteiger partial charge < -0.3 is 4.74 Å². The van der Waals surface area contributed by atoms with Gasteiger partial charge in [-0.2, -0.15) is 0 Å². The normalized spacial score (nSPS) is 11.0. The molecule has 2 aromatic carbocycles. The summed E-state index contributed by atoms with van der Waals surface area (Å²) < 4.78 is 13.2. The van der Waals surface area contributed by atoms with Gasteiger partial charge in [0, 0.05) is 5.56 Å². The number of hydrogen-bond donors (Lipinski definition) is 0. The highest BCUT2D eigenvalue weighted by molar-refractivity contribution is 7.00. The maximum absolute atomic E-state index is 13.0. The van der Waals surface area contributed by atoms with Crippen molar-refractivity contribution in [3.63, 3.8) is 0 Å². The minimum absolute atomic E-state index is 0.208. The van der Waals surface area contributed by atoms with Crippen molar-refractivity contribution in [3.05, 3.63) is 70.8 Å². The van der Waals surface area contributed by atoms with Gasteiger partial charge in [-0.05, 0) is 37.5 Å². The standard InChI is InChI=1S/C19H20O3.HOP/c1-4-22-19(21)17(15-11-6-5-7-12-15)18(20)16-13(2)9-8-10-14(16)3;1-2/h5-12,17H,4H2,1-3H3;2H. The fraction of sp³-hybridized carbons (Fsp3) is 0.263. The summed E-state index contributed by atoms with van der Waals surface area (Å²) in [6.45, 7) is 5.76. The fourth-order valence-corrected chi connectivity index (χ4v) is 2.61. The molecule has 0 saturated carbocycles. The van der Waals surface area contributed by atoms with Crippen LogP contribution in [0.3, 0.4) is 0 Å². The molecule has 0 N–H and O–H groups in total. The van der Waals surface area contributed by atoms with Crippen molar-refractivity contribution >= 4 is 20.9 Å². The molecule has 0 spiro atoms. The molecule has 2 aromatic rings. The van der Waals surface area contributed by atoms with E-state index in [4.69, 9.17) is 9.30 Å². The molecule has 0 bridgehead atoms. The lowest BCUT2D eigenvalue weighted by atomic mass is 9.87. The van der Waals surface area contributed by atoms with Crippen LogP contribution in [0.2, 0.25) is 0 Å². The summed E-state index contributed by atoms with van der Waals surface area (Å²) in [4.78, 5) is 25.3. The minimum atomic E-state index is -0.916. The zero-order valence-electron chi connectivity index (χ0n) is 14.0. The van der Waals surface area contributed by atoms with Gasteiger partial charge in [-0.3, -0.25) is 14.2 Å². The molecule has 0 amide bonds. The van der Waals surface area contributed by atoms with Crippen LogP contribution in [0.15, 0.2) is 48.5 Å². The summed E-state index contributed by atoms with van der Waals surface area (Å²) in [5.74, 6) is -1.62. The number of benzene rings is 2. The Morgan fingerprint density at radius 3 is 2.00 bits per heavy atom. The van der Waals surface area contributed by atoms with Gasteiger partial charge >= 0.3 is 5.97 Å². The number of hydrogen-bond acceptors (Lipinski definition) is 4. The van der Waals surface area contributed by atoms with Gasteiger partial charge in [-0.25, -0.2) is 0 Å². The average Bonchev–Trinajstić information content (AvgIpc) is 2.58. The van der Waals surface area contributed by atoms with E-state index < -0.39 is 11.9 Å². The van der Waals surface area contributed by atoms with Crippen molar-refractivity contribution in [3.8, 4) is 0 Å². The third-order valence-corrected chi connectivity index (χ3v) is 3.64. The Balaban J connectivity index is 0.00000139. The van der Waals surface area contributed by atoms with Gasteiger partial charge in [0.25, 0.3) is 0 Å². The van der Waals surface area contributed by atoms with Gasteiger partial charge in [0.05, 0.1) is 6.61 Å². The summed E-state index contributed by atoms with van der Waals surface area (Å²) in [6.07, 6.45) is 0. The number of rotatable bonds is 5. The van der Waals surface area contributed by atoms with E-state index in [2.05, 4.69) is 0 Å². The van der Waals surface area contributed by atoms with E-state index in [1.165, 1.54) is 0 Å². The smallest absolute Gasteiger partial charge is 0.321 e. The number of ketones is 1.